The van der Waals surface area contributed by atoms with Crippen LogP contribution in [0, 0.1) is 5.82 Å². The highest BCUT2D eigenvalue weighted by molar-refractivity contribution is 7.98. The van der Waals surface area contributed by atoms with Crippen LogP contribution < -0.4 is 4.74 Å². The van der Waals surface area contributed by atoms with Crippen LogP contribution in [0.4, 0.5) is 4.39 Å². The summed E-state index contributed by atoms with van der Waals surface area (Å²) < 4.78 is 20.4. The van der Waals surface area contributed by atoms with Crippen molar-refractivity contribution < 1.29 is 9.13 Å². The first-order valence-corrected chi connectivity index (χ1v) is 8.52. The molecule has 0 aliphatic heterocycles. The summed E-state index contributed by atoms with van der Waals surface area (Å²) in [5.74, 6) is 2.17. The molecule has 0 aliphatic carbocycles. The monoisotopic (exact) mass is 343 g/mol. The number of thioether (sulfide) groups is 1. The fourth-order valence-corrected chi connectivity index (χ4v) is 3.20. The Hall–Kier alpha value is -2.34. The molecule has 24 heavy (non-hydrogen) atoms. The van der Waals surface area contributed by atoms with Gasteiger partial charge < -0.3 is 9.30 Å². The summed E-state index contributed by atoms with van der Waals surface area (Å²) in [6.07, 6.45) is 0.702. The molecule has 0 saturated carbocycles. The zero-order valence-corrected chi connectivity index (χ0v) is 14.4. The van der Waals surface area contributed by atoms with Crippen LogP contribution in [0.2, 0.25) is 0 Å². The number of halogens is 1. The Morgan fingerprint density at radius 2 is 1.88 bits per heavy atom. The minimum Gasteiger partial charge on any atom is -0.497 e. The summed E-state index contributed by atoms with van der Waals surface area (Å²) in [5.41, 5.74) is 2.08. The number of ether oxygens (including phenoxy) is 1. The van der Waals surface area contributed by atoms with E-state index in [9.17, 15) is 4.39 Å². The predicted molar refractivity (Wildman–Crippen MR) is 92.8 cm³/mol. The first-order valence-electron chi connectivity index (χ1n) is 7.54. The predicted octanol–water partition coefficient (Wildman–Crippen LogP) is 3.85. The van der Waals surface area contributed by atoms with E-state index in [1.807, 2.05) is 41.9 Å². The average molecular weight is 343 g/mol. The fourth-order valence-electron chi connectivity index (χ4n) is 2.33. The van der Waals surface area contributed by atoms with Gasteiger partial charge in [-0.15, -0.1) is 10.2 Å². The number of benzene rings is 2. The second kappa shape index (κ2) is 7.49. The smallest absolute Gasteiger partial charge is 0.191 e. The maximum atomic E-state index is 13.2. The second-order valence-electron chi connectivity index (χ2n) is 5.40. The van der Waals surface area contributed by atoms with E-state index in [0.717, 1.165) is 27.9 Å². The maximum Gasteiger partial charge on any atom is 0.191 e. The summed E-state index contributed by atoms with van der Waals surface area (Å²) in [6, 6.07) is 14.5. The zero-order valence-electron chi connectivity index (χ0n) is 13.6. The van der Waals surface area contributed by atoms with Crippen LogP contribution in [-0.4, -0.2) is 21.9 Å². The SMILES string of the molecule is COc1ccc(Cc2nnc(SCc3cccc(F)c3)n2C)cc1. The molecule has 124 valence electrons. The van der Waals surface area contributed by atoms with Crippen molar-refractivity contribution in [2.45, 2.75) is 17.3 Å². The number of rotatable bonds is 6. The summed E-state index contributed by atoms with van der Waals surface area (Å²) in [5, 5.41) is 9.33. The lowest BCUT2D eigenvalue weighted by Crippen LogP contribution is -2.00. The van der Waals surface area contributed by atoms with Crippen molar-refractivity contribution in [3.8, 4) is 5.75 Å². The highest BCUT2D eigenvalue weighted by Crippen LogP contribution is 2.22. The Labute approximate surface area is 144 Å². The highest BCUT2D eigenvalue weighted by atomic mass is 32.2. The van der Waals surface area contributed by atoms with Crippen LogP contribution in [-0.2, 0) is 19.2 Å². The molecule has 0 aliphatic rings. The van der Waals surface area contributed by atoms with Gasteiger partial charge in [0.15, 0.2) is 5.16 Å². The molecule has 0 bridgehead atoms. The molecule has 3 aromatic rings. The normalized spacial score (nSPS) is 10.8. The Bertz CT molecular complexity index is 817. The van der Waals surface area contributed by atoms with Crippen LogP contribution in [0.3, 0.4) is 0 Å². The average Bonchev–Trinajstić information content (AvgIpc) is 2.94. The molecule has 1 aromatic heterocycles. The van der Waals surface area contributed by atoms with Crippen molar-refractivity contribution >= 4 is 11.8 Å². The van der Waals surface area contributed by atoms with Gasteiger partial charge >= 0.3 is 0 Å². The molecule has 0 fully saturated rings. The largest absolute Gasteiger partial charge is 0.497 e. The Morgan fingerprint density at radius 1 is 1.08 bits per heavy atom. The Morgan fingerprint density at radius 3 is 2.58 bits per heavy atom. The number of aromatic nitrogens is 3. The molecule has 1 heterocycles. The van der Waals surface area contributed by atoms with E-state index in [1.165, 1.54) is 6.07 Å². The van der Waals surface area contributed by atoms with Crippen LogP contribution in [0.5, 0.6) is 5.75 Å². The van der Waals surface area contributed by atoms with Gasteiger partial charge in [-0.25, -0.2) is 4.39 Å². The maximum absolute atomic E-state index is 13.2. The molecular weight excluding hydrogens is 325 g/mol. The molecule has 0 spiro atoms. The summed E-state index contributed by atoms with van der Waals surface area (Å²) in [7, 11) is 3.60. The lowest BCUT2D eigenvalue weighted by molar-refractivity contribution is 0.414. The van der Waals surface area contributed by atoms with Crippen LogP contribution in [0.15, 0.2) is 53.7 Å². The van der Waals surface area contributed by atoms with Crippen LogP contribution in [0.25, 0.3) is 0 Å². The van der Waals surface area contributed by atoms with Gasteiger partial charge in [0.25, 0.3) is 0 Å². The van der Waals surface area contributed by atoms with Gasteiger partial charge in [-0.1, -0.05) is 36.0 Å². The van der Waals surface area contributed by atoms with Gasteiger partial charge in [-0.3, -0.25) is 0 Å². The van der Waals surface area contributed by atoms with E-state index in [0.29, 0.717) is 12.2 Å². The van der Waals surface area contributed by atoms with Crippen molar-refractivity contribution in [2.75, 3.05) is 7.11 Å². The summed E-state index contributed by atoms with van der Waals surface area (Å²) in [6.45, 7) is 0. The second-order valence-corrected chi connectivity index (χ2v) is 6.34. The minimum absolute atomic E-state index is 0.216. The van der Waals surface area contributed by atoms with Gasteiger partial charge in [0.1, 0.15) is 17.4 Å². The van der Waals surface area contributed by atoms with E-state index in [1.54, 1.807) is 31.0 Å². The molecule has 0 amide bonds. The first kappa shape index (κ1) is 16.5. The fraction of sp³-hybridized carbons (Fsp3) is 0.222. The molecule has 0 saturated heterocycles. The topological polar surface area (TPSA) is 39.9 Å². The molecule has 2 aromatic carbocycles. The molecule has 6 heteroatoms. The van der Waals surface area contributed by atoms with E-state index in [4.69, 9.17) is 4.74 Å². The van der Waals surface area contributed by atoms with Crippen LogP contribution in [0.1, 0.15) is 17.0 Å². The van der Waals surface area contributed by atoms with E-state index in [-0.39, 0.29) is 5.82 Å². The third-order valence-electron chi connectivity index (χ3n) is 3.70. The quantitative estimate of drug-likeness (QED) is 0.638. The highest BCUT2D eigenvalue weighted by Gasteiger charge is 2.10. The van der Waals surface area contributed by atoms with E-state index < -0.39 is 0 Å². The van der Waals surface area contributed by atoms with Crippen LogP contribution >= 0.6 is 11.8 Å². The number of hydrogen-bond acceptors (Lipinski definition) is 4. The summed E-state index contributed by atoms with van der Waals surface area (Å²) >= 11 is 1.55. The van der Waals surface area contributed by atoms with Crippen molar-refractivity contribution in [2.24, 2.45) is 7.05 Å². The molecule has 3 rings (SSSR count). The number of hydrogen-bond donors (Lipinski definition) is 0. The Balaban J connectivity index is 1.66. The van der Waals surface area contributed by atoms with Gasteiger partial charge in [-0.05, 0) is 35.4 Å². The van der Waals surface area contributed by atoms with Crippen molar-refractivity contribution in [1.29, 1.82) is 0 Å². The van der Waals surface area contributed by atoms with Gasteiger partial charge in [0.2, 0.25) is 0 Å². The van der Waals surface area contributed by atoms with Crippen molar-refractivity contribution in [3.63, 3.8) is 0 Å². The number of nitrogens with zero attached hydrogens (tertiary/aromatic N) is 3. The zero-order chi connectivity index (χ0) is 16.9. The lowest BCUT2D eigenvalue weighted by atomic mass is 10.1. The van der Waals surface area contributed by atoms with E-state index in [2.05, 4.69) is 10.2 Å². The van der Waals surface area contributed by atoms with Gasteiger partial charge in [0, 0.05) is 19.2 Å². The van der Waals surface area contributed by atoms with Crippen molar-refractivity contribution in [1.82, 2.24) is 14.8 Å². The third-order valence-corrected chi connectivity index (χ3v) is 4.79. The molecule has 0 unspecified atom stereocenters. The molecule has 0 radical (unpaired) electrons. The molecule has 4 nitrogen and oxygen atoms in total. The molecule has 0 atom stereocenters. The lowest BCUT2D eigenvalue weighted by Gasteiger charge is -2.05. The molecule has 0 N–H and O–H groups in total. The standard InChI is InChI=1S/C18H18FN3OS/c1-22-17(11-13-6-8-16(23-2)9-7-13)20-21-18(22)24-12-14-4-3-5-15(19)10-14/h3-10H,11-12H2,1-2H3. The number of methoxy groups -OCH3 is 1. The van der Waals surface area contributed by atoms with Crippen molar-refractivity contribution in [3.05, 3.63) is 71.3 Å². The summed E-state index contributed by atoms with van der Waals surface area (Å²) in [4.78, 5) is 0. The minimum atomic E-state index is -0.216. The Kier molecular flexibility index (Phi) is 5.15. The van der Waals surface area contributed by atoms with E-state index >= 15 is 0 Å². The van der Waals surface area contributed by atoms with Gasteiger partial charge in [0.05, 0.1) is 7.11 Å². The molecular formula is C18H18FN3OS. The third kappa shape index (κ3) is 3.94. The van der Waals surface area contributed by atoms with Gasteiger partial charge in [-0.2, -0.15) is 0 Å². The first-order chi connectivity index (χ1) is 11.7.